The first kappa shape index (κ1) is 14.3. The maximum atomic E-state index is 11.8. The van der Waals surface area contributed by atoms with Gasteiger partial charge in [0, 0.05) is 11.9 Å². The lowest BCUT2D eigenvalue weighted by Crippen LogP contribution is -2.43. The first-order chi connectivity index (χ1) is 9.07. The van der Waals surface area contributed by atoms with Crippen LogP contribution in [0.3, 0.4) is 0 Å². The van der Waals surface area contributed by atoms with Crippen molar-refractivity contribution in [3.63, 3.8) is 0 Å². The van der Waals surface area contributed by atoms with E-state index >= 15 is 0 Å². The van der Waals surface area contributed by atoms with Gasteiger partial charge in [0.1, 0.15) is 0 Å². The van der Waals surface area contributed by atoms with E-state index in [-0.39, 0.29) is 12.3 Å². The van der Waals surface area contributed by atoms with Crippen molar-refractivity contribution in [3.8, 4) is 0 Å². The number of amides is 1. The van der Waals surface area contributed by atoms with Crippen LogP contribution < -0.4 is 11.1 Å². The molecule has 1 aromatic heterocycles. The molecule has 2 rings (SSSR count). The zero-order valence-electron chi connectivity index (χ0n) is 11.0. The standard InChI is InChI=1S/C13H21N3O2S/c14-12-16-10(8-19-12)7-11(17)15-9-13(18)5-3-1-2-4-6-13/h8,18H,1-7,9H2,(H2,14,16)(H,15,17). The molecule has 19 heavy (non-hydrogen) atoms. The van der Waals surface area contributed by atoms with Gasteiger partial charge in [0.25, 0.3) is 0 Å². The number of nitrogens with one attached hydrogen (secondary N) is 1. The SMILES string of the molecule is Nc1nc(CC(=O)NCC2(O)CCCCCC2)cs1. The summed E-state index contributed by atoms with van der Waals surface area (Å²) < 4.78 is 0. The van der Waals surface area contributed by atoms with Gasteiger partial charge in [-0.3, -0.25) is 4.79 Å². The van der Waals surface area contributed by atoms with Crippen LogP contribution in [0.4, 0.5) is 5.13 Å². The molecule has 1 aliphatic rings. The molecule has 5 nitrogen and oxygen atoms in total. The zero-order chi connectivity index (χ0) is 13.7. The second kappa shape index (κ2) is 6.34. The number of hydrogen-bond donors (Lipinski definition) is 3. The van der Waals surface area contributed by atoms with Crippen molar-refractivity contribution < 1.29 is 9.90 Å². The van der Waals surface area contributed by atoms with E-state index in [1.54, 1.807) is 5.38 Å². The number of anilines is 1. The molecule has 0 aliphatic heterocycles. The van der Waals surface area contributed by atoms with E-state index in [0.717, 1.165) is 25.7 Å². The molecule has 0 atom stereocenters. The van der Waals surface area contributed by atoms with Crippen LogP contribution in [0.5, 0.6) is 0 Å². The highest BCUT2D eigenvalue weighted by Crippen LogP contribution is 2.26. The predicted octanol–water partition coefficient (Wildman–Crippen LogP) is 1.47. The Morgan fingerprint density at radius 2 is 2.11 bits per heavy atom. The maximum Gasteiger partial charge on any atom is 0.226 e. The highest BCUT2D eigenvalue weighted by atomic mass is 32.1. The minimum Gasteiger partial charge on any atom is -0.388 e. The van der Waals surface area contributed by atoms with Crippen molar-refractivity contribution in [1.29, 1.82) is 0 Å². The fraction of sp³-hybridized carbons (Fsp3) is 0.692. The molecule has 0 aromatic carbocycles. The molecule has 106 valence electrons. The fourth-order valence-corrected chi connectivity index (χ4v) is 3.02. The van der Waals surface area contributed by atoms with Gasteiger partial charge in [-0.25, -0.2) is 4.98 Å². The largest absolute Gasteiger partial charge is 0.388 e. The third kappa shape index (κ3) is 4.47. The normalized spacial score (nSPS) is 18.8. The van der Waals surface area contributed by atoms with Gasteiger partial charge in [-0.15, -0.1) is 11.3 Å². The molecule has 4 N–H and O–H groups in total. The Morgan fingerprint density at radius 1 is 1.42 bits per heavy atom. The number of aliphatic hydroxyl groups is 1. The number of aromatic nitrogens is 1. The van der Waals surface area contributed by atoms with Crippen LogP contribution in [0.1, 0.15) is 44.2 Å². The summed E-state index contributed by atoms with van der Waals surface area (Å²) in [6.07, 6.45) is 6.20. The van der Waals surface area contributed by atoms with Gasteiger partial charge in [-0.2, -0.15) is 0 Å². The van der Waals surface area contributed by atoms with Gasteiger partial charge in [0.05, 0.1) is 17.7 Å². The van der Waals surface area contributed by atoms with Crippen LogP contribution in [0.15, 0.2) is 5.38 Å². The highest BCUT2D eigenvalue weighted by Gasteiger charge is 2.28. The van der Waals surface area contributed by atoms with Gasteiger partial charge in [0.15, 0.2) is 5.13 Å². The lowest BCUT2D eigenvalue weighted by molar-refractivity contribution is -0.121. The third-order valence-corrected chi connectivity index (χ3v) is 4.28. The Labute approximate surface area is 117 Å². The molecule has 1 aliphatic carbocycles. The minimum absolute atomic E-state index is 0.108. The average Bonchev–Trinajstić information content (AvgIpc) is 2.64. The number of hydrogen-bond acceptors (Lipinski definition) is 5. The Hall–Kier alpha value is -1.14. The number of carbonyl (C=O) groups excluding carboxylic acids is 1. The van der Waals surface area contributed by atoms with E-state index in [4.69, 9.17) is 5.73 Å². The molecule has 0 spiro atoms. The predicted molar refractivity (Wildman–Crippen MR) is 75.9 cm³/mol. The molecule has 1 amide bonds. The number of carbonyl (C=O) groups is 1. The number of rotatable bonds is 4. The Kier molecular flexibility index (Phi) is 4.76. The molecule has 0 radical (unpaired) electrons. The summed E-state index contributed by atoms with van der Waals surface area (Å²) in [6, 6.07) is 0. The van der Waals surface area contributed by atoms with Crippen LogP contribution in [0.2, 0.25) is 0 Å². The third-order valence-electron chi connectivity index (χ3n) is 3.56. The van der Waals surface area contributed by atoms with Gasteiger partial charge in [0.2, 0.25) is 5.91 Å². The van der Waals surface area contributed by atoms with E-state index in [0.29, 0.717) is 17.4 Å². The van der Waals surface area contributed by atoms with E-state index in [9.17, 15) is 9.90 Å². The number of thiazole rings is 1. The first-order valence-electron chi connectivity index (χ1n) is 6.76. The highest BCUT2D eigenvalue weighted by molar-refractivity contribution is 7.13. The van der Waals surface area contributed by atoms with Crippen molar-refractivity contribution >= 4 is 22.4 Å². The van der Waals surface area contributed by atoms with E-state index in [1.165, 1.54) is 24.2 Å². The van der Waals surface area contributed by atoms with Crippen LogP contribution >= 0.6 is 11.3 Å². The molecule has 1 saturated carbocycles. The summed E-state index contributed by atoms with van der Waals surface area (Å²) >= 11 is 1.33. The number of nitrogens with zero attached hydrogens (tertiary/aromatic N) is 1. The van der Waals surface area contributed by atoms with Gasteiger partial charge in [-0.1, -0.05) is 25.7 Å². The first-order valence-corrected chi connectivity index (χ1v) is 7.64. The topological polar surface area (TPSA) is 88.2 Å². The summed E-state index contributed by atoms with van der Waals surface area (Å²) in [4.78, 5) is 15.8. The van der Waals surface area contributed by atoms with Crippen LogP contribution in [0, 0.1) is 0 Å². The lowest BCUT2D eigenvalue weighted by atomic mass is 9.94. The van der Waals surface area contributed by atoms with Crippen molar-refractivity contribution in [1.82, 2.24) is 10.3 Å². The number of nitrogens with two attached hydrogens (primary N) is 1. The molecule has 0 unspecified atom stereocenters. The van der Waals surface area contributed by atoms with E-state index < -0.39 is 5.60 Å². The fourth-order valence-electron chi connectivity index (χ4n) is 2.46. The van der Waals surface area contributed by atoms with E-state index in [2.05, 4.69) is 10.3 Å². The summed E-state index contributed by atoms with van der Waals surface area (Å²) in [5.74, 6) is -0.108. The quantitative estimate of drug-likeness (QED) is 0.730. The van der Waals surface area contributed by atoms with Gasteiger partial charge in [-0.05, 0) is 12.8 Å². The molecule has 1 aromatic rings. The second-order valence-electron chi connectivity index (χ2n) is 5.27. The summed E-state index contributed by atoms with van der Waals surface area (Å²) in [5.41, 5.74) is 5.48. The Bertz CT molecular complexity index is 425. The molecule has 0 bridgehead atoms. The molecular formula is C13H21N3O2S. The zero-order valence-corrected chi connectivity index (χ0v) is 11.8. The van der Waals surface area contributed by atoms with Crippen LogP contribution in [-0.4, -0.2) is 28.1 Å². The second-order valence-corrected chi connectivity index (χ2v) is 6.16. The molecule has 1 fully saturated rings. The van der Waals surface area contributed by atoms with Crippen molar-refractivity contribution in [2.45, 2.75) is 50.5 Å². The van der Waals surface area contributed by atoms with Crippen molar-refractivity contribution in [2.24, 2.45) is 0 Å². The Balaban J connectivity index is 1.79. The van der Waals surface area contributed by atoms with Crippen molar-refractivity contribution in [3.05, 3.63) is 11.1 Å². The summed E-state index contributed by atoms with van der Waals surface area (Å²) in [6.45, 7) is 0.339. The van der Waals surface area contributed by atoms with Gasteiger partial charge >= 0.3 is 0 Å². The van der Waals surface area contributed by atoms with E-state index in [1.807, 2.05) is 0 Å². The molecule has 0 saturated heterocycles. The summed E-state index contributed by atoms with van der Waals surface area (Å²) in [5, 5.41) is 15.5. The Morgan fingerprint density at radius 3 is 2.68 bits per heavy atom. The summed E-state index contributed by atoms with van der Waals surface area (Å²) in [7, 11) is 0. The lowest BCUT2D eigenvalue weighted by Gasteiger charge is -2.26. The smallest absolute Gasteiger partial charge is 0.226 e. The van der Waals surface area contributed by atoms with Crippen LogP contribution in [0.25, 0.3) is 0 Å². The monoisotopic (exact) mass is 283 g/mol. The van der Waals surface area contributed by atoms with Crippen LogP contribution in [-0.2, 0) is 11.2 Å². The van der Waals surface area contributed by atoms with Gasteiger partial charge < -0.3 is 16.2 Å². The minimum atomic E-state index is -0.729. The molecule has 6 heteroatoms. The number of nitrogen functional groups attached to an aromatic ring is 1. The molecule has 1 heterocycles. The average molecular weight is 283 g/mol. The molecular weight excluding hydrogens is 262 g/mol. The van der Waals surface area contributed by atoms with Crippen molar-refractivity contribution in [2.75, 3.05) is 12.3 Å². The maximum absolute atomic E-state index is 11.8.